The summed E-state index contributed by atoms with van der Waals surface area (Å²) in [7, 11) is 0. The van der Waals surface area contributed by atoms with E-state index in [1.807, 2.05) is 33.8 Å². The number of nitrogens with zero attached hydrogens (tertiary/aromatic N) is 3. The molecule has 0 saturated carbocycles. The fraction of sp³-hybridized carbons (Fsp3) is 0.542. The number of aliphatic hydroxyl groups is 1. The molecule has 1 fully saturated rings. The minimum Gasteiger partial charge on any atom is -0.444 e. The molecule has 172 valence electrons. The summed E-state index contributed by atoms with van der Waals surface area (Å²) < 4.78 is 6.24. The Morgan fingerprint density at radius 2 is 1.97 bits per heavy atom. The number of hydrogen-bond acceptors (Lipinski definition) is 6. The number of fused-ring (bicyclic) bond motifs is 1. The molecule has 0 radical (unpaired) electrons. The third-order valence-corrected chi connectivity index (χ3v) is 7.21. The Kier molecular flexibility index (Phi) is 6.20. The molecule has 0 bridgehead atoms. The van der Waals surface area contributed by atoms with Gasteiger partial charge in [0.15, 0.2) is 5.82 Å². The summed E-state index contributed by atoms with van der Waals surface area (Å²) in [6.45, 7) is 8.95. The number of amides is 1. The number of benzene rings is 1. The lowest BCUT2D eigenvalue weighted by atomic mass is 9.72. The van der Waals surface area contributed by atoms with Gasteiger partial charge in [-0.2, -0.15) is 0 Å². The molecule has 1 aromatic carbocycles. The lowest BCUT2D eigenvalue weighted by Crippen LogP contribution is -2.48. The van der Waals surface area contributed by atoms with Gasteiger partial charge in [-0.15, -0.1) is 0 Å². The van der Waals surface area contributed by atoms with Crippen LogP contribution in [0.15, 0.2) is 28.9 Å². The topological polar surface area (TPSA) is 87.6 Å². The van der Waals surface area contributed by atoms with E-state index in [-0.39, 0.29) is 24.2 Å². The molecule has 8 heteroatoms. The van der Waals surface area contributed by atoms with Gasteiger partial charge in [0.25, 0.3) is 0 Å². The molecule has 2 N–H and O–H groups in total. The number of rotatable bonds is 3. The normalized spacial score (nSPS) is 19.7. The van der Waals surface area contributed by atoms with Crippen LogP contribution in [0.4, 0.5) is 10.6 Å². The number of carbonyl (C=O) groups is 1. The molecule has 1 saturated heterocycles. The largest absolute Gasteiger partial charge is 0.444 e. The van der Waals surface area contributed by atoms with Crippen molar-refractivity contribution >= 4 is 27.8 Å². The number of aromatic nitrogens is 2. The Morgan fingerprint density at radius 1 is 1.28 bits per heavy atom. The summed E-state index contributed by atoms with van der Waals surface area (Å²) in [5.41, 5.74) is 3.23. The maximum Gasteiger partial charge on any atom is 0.408 e. The molecule has 1 aliphatic heterocycles. The van der Waals surface area contributed by atoms with Crippen LogP contribution in [0, 0.1) is 12.3 Å². The first-order valence-electron chi connectivity index (χ1n) is 11.1. The number of nitrogens with one attached hydrogen (secondary N) is 1. The van der Waals surface area contributed by atoms with Gasteiger partial charge in [-0.05, 0) is 74.0 Å². The number of alkyl carbamates (subject to hydrolysis) is 1. The number of halogens is 1. The molecular weight excluding hydrogens is 472 g/mol. The molecule has 32 heavy (non-hydrogen) atoms. The number of hydrogen-bond donors (Lipinski definition) is 2. The van der Waals surface area contributed by atoms with Crippen LogP contribution < -0.4 is 10.2 Å². The van der Waals surface area contributed by atoms with Crippen LogP contribution in [0.3, 0.4) is 0 Å². The maximum absolute atomic E-state index is 12.7. The Morgan fingerprint density at radius 3 is 2.62 bits per heavy atom. The van der Waals surface area contributed by atoms with Crippen molar-refractivity contribution in [3.05, 3.63) is 51.4 Å². The fourth-order valence-corrected chi connectivity index (χ4v) is 5.25. The third-order valence-electron chi connectivity index (χ3n) is 6.45. The van der Waals surface area contributed by atoms with Crippen LogP contribution in [-0.4, -0.2) is 39.9 Å². The monoisotopic (exact) mass is 502 g/mol. The molecule has 0 unspecified atom stereocenters. The molecule has 1 atom stereocenters. The first-order valence-corrected chi connectivity index (χ1v) is 11.9. The van der Waals surface area contributed by atoms with Gasteiger partial charge in [0.1, 0.15) is 15.9 Å². The van der Waals surface area contributed by atoms with Crippen LogP contribution in [0.5, 0.6) is 0 Å². The van der Waals surface area contributed by atoms with Crippen molar-refractivity contribution in [2.45, 2.75) is 65.2 Å². The van der Waals surface area contributed by atoms with Gasteiger partial charge >= 0.3 is 6.09 Å². The van der Waals surface area contributed by atoms with E-state index in [4.69, 9.17) is 9.72 Å². The lowest BCUT2D eigenvalue weighted by Gasteiger charge is -2.44. The average molecular weight is 503 g/mol. The maximum atomic E-state index is 12.7. The van der Waals surface area contributed by atoms with E-state index < -0.39 is 5.60 Å². The van der Waals surface area contributed by atoms with Gasteiger partial charge in [0.05, 0.1) is 18.3 Å². The van der Waals surface area contributed by atoms with Crippen molar-refractivity contribution in [1.29, 1.82) is 0 Å². The van der Waals surface area contributed by atoms with Gasteiger partial charge < -0.3 is 20.1 Å². The van der Waals surface area contributed by atoms with E-state index in [9.17, 15) is 9.90 Å². The van der Waals surface area contributed by atoms with Crippen LogP contribution in [0.1, 0.15) is 62.2 Å². The summed E-state index contributed by atoms with van der Waals surface area (Å²) in [6.07, 6.45) is 2.33. The van der Waals surface area contributed by atoms with E-state index in [2.05, 4.69) is 49.3 Å². The first kappa shape index (κ1) is 23.0. The number of aliphatic hydroxyl groups excluding tert-OH is 1. The zero-order chi connectivity index (χ0) is 23.1. The second-order valence-corrected chi connectivity index (χ2v) is 10.6. The van der Waals surface area contributed by atoms with Crippen molar-refractivity contribution in [3.63, 3.8) is 0 Å². The number of ether oxygens (including phenoxy) is 1. The van der Waals surface area contributed by atoms with E-state index in [0.29, 0.717) is 10.3 Å². The van der Waals surface area contributed by atoms with Crippen molar-refractivity contribution in [3.8, 4) is 0 Å². The average Bonchev–Trinajstić information content (AvgIpc) is 3.02. The number of anilines is 1. The highest BCUT2D eigenvalue weighted by Crippen LogP contribution is 2.52. The predicted octanol–water partition coefficient (Wildman–Crippen LogP) is 4.45. The predicted molar refractivity (Wildman–Crippen MR) is 127 cm³/mol. The Bertz CT molecular complexity index is 1010. The van der Waals surface area contributed by atoms with E-state index >= 15 is 0 Å². The van der Waals surface area contributed by atoms with Crippen molar-refractivity contribution in [1.82, 2.24) is 15.3 Å². The second-order valence-electron chi connectivity index (χ2n) is 9.83. The molecule has 2 aromatic rings. The minimum atomic E-state index is -0.544. The fourth-order valence-electron chi connectivity index (χ4n) is 4.95. The van der Waals surface area contributed by atoms with Crippen LogP contribution in [-0.2, 0) is 17.8 Å². The zero-order valence-corrected chi connectivity index (χ0v) is 20.7. The van der Waals surface area contributed by atoms with E-state index in [0.717, 1.165) is 43.9 Å². The molecule has 4 rings (SSSR count). The smallest absolute Gasteiger partial charge is 0.408 e. The van der Waals surface area contributed by atoms with Crippen molar-refractivity contribution in [2.24, 2.45) is 5.41 Å². The molecule has 1 aromatic heterocycles. The van der Waals surface area contributed by atoms with Gasteiger partial charge in [-0.25, -0.2) is 14.8 Å². The highest BCUT2D eigenvalue weighted by atomic mass is 79.9. The van der Waals surface area contributed by atoms with Gasteiger partial charge in [-0.3, -0.25) is 0 Å². The molecule has 1 amide bonds. The first-order chi connectivity index (χ1) is 15.1. The molecule has 1 aliphatic carbocycles. The summed E-state index contributed by atoms with van der Waals surface area (Å²) in [4.78, 5) is 24.1. The van der Waals surface area contributed by atoms with Gasteiger partial charge in [0, 0.05) is 18.5 Å². The van der Waals surface area contributed by atoms with E-state index in [1.54, 1.807) is 0 Å². The molecular formula is C24H31BrN4O3. The van der Waals surface area contributed by atoms with Gasteiger partial charge in [0.2, 0.25) is 0 Å². The summed E-state index contributed by atoms with van der Waals surface area (Å²) in [6, 6.07) is 8.28. The second kappa shape index (κ2) is 8.63. The van der Waals surface area contributed by atoms with Crippen LogP contribution >= 0.6 is 15.9 Å². The van der Waals surface area contributed by atoms with E-state index in [1.165, 1.54) is 11.1 Å². The minimum absolute atomic E-state index is 0.0751. The highest BCUT2D eigenvalue weighted by Gasteiger charge is 2.49. The standard InChI is InChI=1S/C24H31BrN4O3/c1-15-20(25)27-18(14-30)21(26-15)29-11-9-24(10-12-29)13-16-7-5-6-8-17(16)19(24)28-22(31)32-23(2,3)4/h5-8,19,30H,9-14H2,1-4H3,(H,28,31)/t19-/m1/s1. The lowest BCUT2D eigenvalue weighted by molar-refractivity contribution is 0.0428. The van der Waals surface area contributed by atoms with Crippen molar-refractivity contribution < 1.29 is 14.6 Å². The number of carbonyl (C=O) groups excluding carboxylic acids is 1. The third kappa shape index (κ3) is 4.48. The Hall–Kier alpha value is -2.19. The SMILES string of the molecule is Cc1nc(N2CCC3(CC2)Cc2ccccc2[C@H]3NC(=O)OC(C)(C)C)c(CO)nc1Br. The summed E-state index contributed by atoms with van der Waals surface area (Å²) >= 11 is 3.41. The summed E-state index contributed by atoms with van der Waals surface area (Å²) in [5.74, 6) is 0.746. The van der Waals surface area contributed by atoms with Crippen LogP contribution in [0.2, 0.25) is 0 Å². The Balaban J connectivity index is 1.57. The molecule has 2 heterocycles. The molecule has 7 nitrogen and oxygen atoms in total. The molecule has 1 spiro atoms. The number of aryl methyl sites for hydroxylation is 1. The highest BCUT2D eigenvalue weighted by molar-refractivity contribution is 9.10. The molecule has 2 aliphatic rings. The summed E-state index contributed by atoms with van der Waals surface area (Å²) in [5, 5.41) is 13.0. The van der Waals surface area contributed by atoms with Crippen LogP contribution in [0.25, 0.3) is 0 Å². The van der Waals surface area contributed by atoms with Gasteiger partial charge in [-0.1, -0.05) is 24.3 Å². The Labute approximate surface area is 197 Å². The quantitative estimate of drug-likeness (QED) is 0.644. The van der Waals surface area contributed by atoms with Crippen molar-refractivity contribution in [2.75, 3.05) is 18.0 Å². The number of piperidine rings is 1. The zero-order valence-electron chi connectivity index (χ0n) is 19.1.